The van der Waals surface area contributed by atoms with Crippen LogP contribution in [0.5, 0.6) is 0 Å². The maximum atomic E-state index is 7.03. The summed E-state index contributed by atoms with van der Waals surface area (Å²) in [4.78, 5) is 0. The Balaban J connectivity index is 1.56. The molecule has 214 valence electrons. The van der Waals surface area contributed by atoms with Crippen molar-refractivity contribution >= 4 is 16.6 Å². The molecule has 0 heterocycles. The predicted octanol–water partition coefficient (Wildman–Crippen LogP) is 10.1. The molecule has 4 rings (SSSR count). The van der Waals surface area contributed by atoms with Crippen LogP contribution in [0.15, 0.2) is 11.6 Å². The fourth-order valence-corrected chi connectivity index (χ4v) is 12.0. The maximum Gasteiger partial charge on any atom is 0.184 e. The summed E-state index contributed by atoms with van der Waals surface area (Å²) < 4.78 is 13.9. The average molecular weight is 547 g/mol. The van der Waals surface area contributed by atoms with Crippen molar-refractivity contribution in [3.63, 3.8) is 0 Å². The molecule has 0 aliphatic heterocycles. The van der Waals surface area contributed by atoms with E-state index in [0.29, 0.717) is 10.8 Å². The summed E-state index contributed by atoms with van der Waals surface area (Å²) in [7, 11) is -3.32. The van der Waals surface area contributed by atoms with E-state index in [4.69, 9.17) is 8.85 Å². The molecular weight excluding hydrogens is 485 g/mol. The lowest BCUT2D eigenvalue weighted by Gasteiger charge is -2.60. The molecule has 0 aromatic heterocycles. The highest BCUT2D eigenvalue weighted by Gasteiger charge is 2.60. The van der Waals surface area contributed by atoms with Gasteiger partial charge in [0.1, 0.15) is 0 Å². The van der Waals surface area contributed by atoms with E-state index >= 15 is 0 Å². The Bertz CT molecular complexity index is 823. The Morgan fingerprint density at radius 3 is 2.14 bits per heavy atom. The third-order valence-electron chi connectivity index (χ3n) is 11.3. The molecule has 3 saturated carbocycles. The highest BCUT2D eigenvalue weighted by molar-refractivity contribution is 6.70. The van der Waals surface area contributed by atoms with Crippen LogP contribution in [-0.4, -0.2) is 28.8 Å². The lowest BCUT2D eigenvalue weighted by Crippen LogP contribution is -2.57. The minimum absolute atomic E-state index is 0.184. The Labute approximate surface area is 233 Å². The zero-order chi connectivity index (χ0) is 27.4. The lowest BCUT2D eigenvalue weighted by atomic mass is 9.46. The number of hydrogen-bond donors (Lipinski definition) is 0. The third-order valence-corrected chi connectivity index (χ3v) is 13.3. The lowest BCUT2D eigenvalue weighted by molar-refractivity contribution is -0.0742. The van der Waals surface area contributed by atoms with Crippen molar-refractivity contribution in [2.24, 2.45) is 46.3 Å². The molecule has 0 aromatic rings. The molecule has 4 aliphatic carbocycles. The van der Waals surface area contributed by atoms with Gasteiger partial charge in [0.2, 0.25) is 0 Å². The van der Waals surface area contributed by atoms with Crippen molar-refractivity contribution in [1.82, 2.24) is 0 Å². The van der Waals surface area contributed by atoms with E-state index in [1.54, 1.807) is 5.57 Å². The van der Waals surface area contributed by atoms with E-state index in [1.807, 2.05) is 0 Å². The normalized spacial score (nSPS) is 41.1. The quantitative estimate of drug-likeness (QED) is 0.211. The molecule has 4 heteroatoms. The Kier molecular flexibility index (Phi) is 8.79. The van der Waals surface area contributed by atoms with Crippen LogP contribution in [0.3, 0.4) is 0 Å². The molecule has 0 amide bonds. The largest absolute Gasteiger partial charge is 0.412 e. The second kappa shape index (κ2) is 10.8. The van der Waals surface area contributed by atoms with Crippen LogP contribution in [0.25, 0.3) is 0 Å². The van der Waals surface area contributed by atoms with Crippen molar-refractivity contribution in [3.05, 3.63) is 11.6 Å². The van der Waals surface area contributed by atoms with Gasteiger partial charge in [-0.15, -0.1) is 0 Å². The standard InChI is InChI=1S/C33H62O2Si2/c1-23(2)13-12-14-24(3)26-17-18-27-25-15-16-29-31(35-37(9,10)11)30(34-36(6,7)8)20-22-33(29,5)28(25)19-21-32(26,27)4/h16,23-28,30-31H,12-15,17-22H2,1-11H3/t24-,25+,26-,27+,28+,30?,31?,32-,33-/m1/s1. The van der Waals surface area contributed by atoms with Gasteiger partial charge in [-0.2, -0.15) is 0 Å². The molecule has 3 fully saturated rings. The van der Waals surface area contributed by atoms with E-state index < -0.39 is 16.6 Å². The summed E-state index contributed by atoms with van der Waals surface area (Å²) in [5.41, 5.74) is 2.51. The molecule has 0 radical (unpaired) electrons. The first-order valence-corrected chi connectivity index (χ1v) is 22.9. The molecule has 4 aliphatic rings. The SMILES string of the molecule is CC(C)CCC[C@@H](C)[C@H]1CC[C@H]2[C@@H]3CC=C4C(O[Si](C)(C)C)C(O[Si](C)(C)C)CC[C@]4(C)[C@H]3CC[C@]12C. The molecular formula is C33H62O2Si2. The molecule has 0 bridgehead atoms. The van der Waals surface area contributed by atoms with Gasteiger partial charge in [-0.1, -0.05) is 60.0 Å². The van der Waals surface area contributed by atoms with E-state index in [-0.39, 0.29) is 12.2 Å². The fourth-order valence-electron chi connectivity index (χ4n) is 9.80. The van der Waals surface area contributed by atoms with Crippen LogP contribution in [0, 0.1) is 46.3 Å². The van der Waals surface area contributed by atoms with Gasteiger partial charge in [0.25, 0.3) is 0 Å². The first kappa shape index (κ1) is 30.1. The highest BCUT2D eigenvalue weighted by atomic mass is 28.4. The van der Waals surface area contributed by atoms with Crippen molar-refractivity contribution in [2.45, 2.75) is 150 Å². The number of rotatable bonds is 9. The summed E-state index contributed by atoms with van der Waals surface area (Å²) in [6.07, 6.45) is 17.0. The van der Waals surface area contributed by atoms with Gasteiger partial charge < -0.3 is 8.85 Å². The molecule has 0 aromatic carbocycles. The first-order valence-electron chi connectivity index (χ1n) is 16.1. The van der Waals surface area contributed by atoms with Crippen LogP contribution in [0.4, 0.5) is 0 Å². The van der Waals surface area contributed by atoms with Crippen molar-refractivity contribution < 1.29 is 8.85 Å². The predicted molar refractivity (Wildman–Crippen MR) is 165 cm³/mol. The van der Waals surface area contributed by atoms with Gasteiger partial charge in [0.05, 0.1) is 12.2 Å². The van der Waals surface area contributed by atoms with E-state index in [0.717, 1.165) is 35.5 Å². The van der Waals surface area contributed by atoms with E-state index in [1.165, 1.54) is 64.2 Å². The minimum Gasteiger partial charge on any atom is -0.412 e. The van der Waals surface area contributed by atoms with Crippen LogP contribution in [-0.2, 0) is 8.85 Å². The molecule has 0 spiro atoms. The maximum absolute atomic E-state index is 7.03. The molecule has 0 N–H and O–H groups in total. The van der Waals surface area contributed by atoms with E-state index in [2.05, 4.69) is 80.0 Å². The van der Waals surface area contributed by atoms with Crippen LogP contribution in [0.1, 0.15) is 98.8 Å². The van der Waals surface area contributed by atoms with Crippen LogP contribution >= 0.6 is 0 Å². The molecule has 2 nitrogen and oxygen atoms in total. The fraction of sp³-hybridized carbons (Fsp3) is 0.939. The Morgan fingerprint density at radius 1 is 0.838 bits per heavy atom. The van der Waals surface area contributed by atoms with Gasteiger partial charge in [-0.3, -0.25) is 0 Å². The molecule has 0 saturated heterocycles. The Morgan fingerprint density at radius 2 is 1.51 bits per heavy atom. The molecule has 37 heavy (non-hydrogen) atoms. The summed E-state index contributed by atoms with van der Waals surface area (Å²) in [6.45, 7) is 26.9. The summed E-state index contributed by atoms with van der Waals surface area (Å²) in [5.74, 6) is 5.31. The summed E-state index contributed by atoms with van der Waals surface area (Å²) in [5, 5.41) is 0. The third kappa shape index (κ3) is 6.23. The highest BCUT2D eigenvalue weighted by Crippen LogP contribution is 2.67. The second-order valence-electron chi connectivity index (χ2n) is 16.7. The molecule has 9 atom stereocenters. The summed E-state index contributed by atoms with van der Waals surface area (Å²) >= 11 is 0. The monoisotopic (exact) mass is 546 g/mol. The van der Waals surface area contributed by atoms with Gasteiger partial charge >= 0.3 is 0 Å². The van der Waals surface area contributed by atoms with Crippen molar-refractivity contribution in [1.29, 1.82) is 0 Å². The van der Waals surface area contributed by atoms with Gasteiger partial charge in [-0.25, -0.2) is 0 Å². The van der Waals surface area contributed by atoms with Crippen molar-refractivity contribution in [2.75, 3.05) is 0 Å². The van der Waals surface area contributed by atoms with Gasteiger partial charge in [0, 0.05) is 0 Å². The summed E-state index contributed by atoms with van der Waals surface area (Å²) in [6, 6.07) is 0. The smallest absolute Gasteiger partial charge is 0.184 e. The topological polar surface area (TPSA) is 18.5 Å². The average Bonchev–Trinajstić information content (AvgIpc) is 3.11. The second-order valence-corrected chi connectivity index (χ2v) is 25.6. The van der Waals surface area contributed by atoms with Gasteiger partial charge in [-0.05, 0) is 136 Å². The number of hydrogen-bond acceptors (Lipinski definition) is 2. The first-order chi connectivity index (χ1) is 17.1. The number of allylic oxidation sites excluding steroid dienone is 1. The van der Waals surface area contributed by atoms with Crippen molar-refractivity contribution in [3.8, 4) is 0 Å². The zero-order valence-electron chi connectivity index (χ0n) is 26.6. The Hall–Kier alpha value is 0.0938. The molecule has 2 unspecified atom stereocenters. The van der Waals surface area contributed by atoms with Crippen LogP contribution in [0.2, 0.25) is 39.3 Å². The number of fused-ring (bicyclic) bond motifs is 5. The minimum atomic E-state index is -1.69. The van der Waals surface area contributed by atoms with Gasteiger partial charge in [0.15, 0.2) is 16.6 Å². The zero-order valence-corrected chi connectivity index (χ0v) is 28.6. The van der Waals surface area contributed by atoms with E-state index in [9.17, 15) is 0 Å². The van der Waals surface area contributed by atoms with Crippen LogP contribution < -0.4 is 0 Å².